The molecule has 0 aliphatic rings. The number of hydrogen-bond acceptors (Lipinski definition) is 4. The number of nitrogens with one attached hydrogen (secondary N) is 1. The first-order valence-electron chi connectivity index (χ1n) is 7.17. The van der Waals surface area contributed by atoms with Gasteiger partial charge in [-0.2, -0.15) is 0 Å². The number of nitrogens with two attached hydrogens (primary N) is 1. The smallest absolute Gasteiger partial charge is 0.107 e. The van der Waals surface area contributed by atoms with Gasteiger partial charge in [0.25, 0.3) is 0 Å². The second kappa shape index (κ2) is 6.24. The van der Waals surface area contributed by atoms with Gasteiger partial charge >= 0.3 is 0 Å². The Balaban J connectivity index is 1.68. The van der Waals surface area contributed by atoms with E-state index in [1.165, 1.54) is 15.6 Å². The van der Waals surface area contributed by atoms with Gasteiger partial charge in [0.2, 0.25) is 0 Å². The maximum Gasteiger partial charge on any atom is 0.107 e. The molecule has 2 aromatic carbocycles. The molecule has 0 bridgehead atoms. The third-order valence-electron chi connectivity index (χ3n) is 3.55. The number of aromatic nitrogens is 1. The van der Waals surface area contributed by atoms with Gasteiger partial charge in [0.05, 0.1) is 0 Å². The summed E-state index contributed by atoms with van der Waals surface area (Å²) in [6.07, 6.45) is 3.02. The summed E-state index contributed by atoms with van der Waals surface area (Å²) in [5.74, 6) is 0. The second-order valence-electron chi connectivity index (χ2n) is 5.08. The van der Waals surface area contributed by atoms with Crippen molar-refractivity contribution < 1.29 is 0 Å². The van der Waals surface area contributed by atoms with Gasteiger partial charge in [-0.25, -0.2) is 4.98 Å². The van der Waals surface area contributed by atoms with Crippen molar-refractivity contribution >= 4 is 27.8 Å². The average molecular weight is 297 g/mol. The Morgan fingerprint density at radius 2 is 1.90 bits per heavy atom. The zero-order chi connectivity index (χ0) is 14.7. The number of nitrogen functional groups attached to an aromatic ring is 1. The summed E-state index contributed by atoms with van der Waals surface area (Å²) < 4.78 is 0. The van der Waals surface area contributed by atoms with Crippen LogP contribution in [0.5, 0.6) is 0 Å². The fourth-order valence-corrected chi connectivity index (χ4v) is 3.19. The Morgan fingerprint density at radius 3 is 2.62 bits per heavy atom. The minimum atomic E-state index is 0.762. The predicted molar refractivity (Wildman–Crippen MR) is 90.4 cm³/mol. The van der Waals surface area contributed by atoms with E-state index in [9.17, 15) is 0 Å². The standard InChI is InChI=1S/C17H19N3S/c1-2-15-10-20-17(21-15)11-19-9-14-7-12-5-3-4-6-13(12)8-16(14)18/h3-8,10,19H,2,9,11,18H2,1H3. The van der Waals surface area contributed by atoms with Gasteiger partial charge in [0, 0.05) is 29.9 Å². The molecule has 0 amide bonds. The lowest BCUT2D eigenvalue weighted by Crippen LogP contribution is -2.13. The molecule has 1 aromatic heterocycles. The van der Waals surface area contributed by atoms with Crippen LogP contribution in [0.25, 0.3) is 10.8 Å². The van der Waals surface area contributed by atoms with Gasteiger partial charge in [-0.05, 0) is 34.9 Å². The van der Waals surface area contributed by atoms with E-state index in [-0.39, 0.29) is 0 Å². The van der Waals surface area contributed by atoms with Crippen molar-refractivity contribution in [2.45, 2.75) is 26.4 Å². The molecule has 4 heteroatoms. The van der Waals surface area contributed by atoms with Crippen molar-refractivity contribution in [3.63, 3.8) is 0 Å². The SMILES string of the molecule is CCc1cnc(CNCc2cc3ccccc3cc2N)s1. The monoisotopic (exact) mass is 297 g/mol. The number of hydrogen-bond donors (Lipinski definition) is 2. The van der Waals surface area contributed by atoms with Crippen LogP contribution < -0.4 is 11.1 Å². The third kappa shape index (κ3) is 3.23. The van der Waals surface area contributed by atoms with Crippen LogP contribution in [0.4, 0.5) is 5.69 Å². The average Bonchev–Trinajstić information content (AvgIpc) is 2.96. The zero-order valence-corrected chi connectivity index (χ0v) is 12.9. The van der Waals surface area contributed by atoms with Crippen LogP contribution >= 0.6 is 11.3 Å². The highest BCUT2D eigenvalue weighted by Gasteiger charge is 2.04. The third-order valence-corrected chi connectivity index (χ3v) is 4.69. The van der Waals surface area contributed by atoms with E-state index in [4.69, 9.17) is 5.73 Å². The van der Waals surface area contributed by atoms with E-state index >= 15 is 0 Å². The fourth-order valence-electron chi connectivity index (χ4n) is 2.36. The first-order valence-corrected chi connectivity index (χ1v) is 7.99. The van der Waals surface area contributed by atoms with Crippen LogP contribution in [-0.4, -0.2) is 4.98 Å². The topological polar surface area (TPSA) is 50.9 Å². The maximum atomic E-state index is 6.14. The Morgan fingerprint density at radius 1 is 1.14 bits per heavy atom. The molecule has 1 heterocycles. The van der Waals surface area contributed by atoms with E-state index in [0.717, 1.165) is 35.8 Å². The van der Waals surface area contributed by atoms with Crippen molar-refractivity contribution in [1.29, 1.82) is 0 Å². The van der Waals surface area contributed by atoms with Crippen molar-refractivity contribution in [3.8, 4) is 0 Å². The summed E-state index contributed by atoms with van der Waals surface area (Å²) in [5, 5.41) is 6.97. The predicted octanol–water partition coefficient (Wildman–Crippen LogP) is 3.73. The molecule has 3 aromatic rings. The number of nitrogens with zero attached hydrogens (tertiary/aromatic N) is 1. The molecule has 0 fully saturated rings. The molecule has 108 valence electrons. The van der Waals surface area contributed by atoms with E-state index in [2.05, 4.69) is 41.5 Å². The molecule has 3 nitrogen and oxygen atoms in total. The number of benzene rings is 2. The molecular weight excluding hydrogens is 278 g/mol. The lowest BCUT2D eigenvalue weighted by atomic mass is 10.1. The highest BCUT2D eigenvalue weighted by molar-refractivity contribution is 7.11. The van der Waals surface area contributed by atoms with Gasteiger partial charge < -0.3 is 11.1 Å². The maximum absolute atomic E-state index is 6.14. The first-order chi connectivity index (χ1) is 10.3. The largest absolute Gasteiger partial charge is 0.398 e. The molecule has 0 radical (unpaired) electrons. The molecule has 3 rings (SSSR count). The number of thiazole rings is 1. The van der Waals surface area contributed by atoms with Crippen molar-refractivity contribution in [2.75, 3.05) is 5.73 Å². The molecule has 0 aliphatic carbocycles. The summed E-state index contributed by atoms with van der Waals surface area (Å²) in [7, 11) is 0. The lowest BCUT2D eigenvalue weighted by molar-refractivity contribution is 0.691. The highest BCUT2D eigenvalue weighted by Crippen LogP contribution is 2.22. The molecule has 3 N–H and O–H groups in total. The van der Waals surface area contributed by atoms with Gasteiger partial charge in [0.1, 0.15) is 5.01 Å². The molecule has 21 heavy (non-hydrogen) atoms. The highest BCUT2D eigenvalue weighted by atomic mass is 32.1. The van der Waals surface area contributed by atoms with Gasteiger partial charge in [-0.3, -0.25) is 0 Å². The van der Waals surface area contributed by atoms with E-state index in [0.29, 0.717) is 0 Å². The number of rotatable bonds is 5. The molecule has 0 aliphatic heterocycles. The summed E-state index contributed by atoms with van der Waals surface area (Å²) in [6.45, 7) is 3.70. The Bertz CT molecular complexity index is 749. The van der Waals surface area contributed by atoms with Crippen molar-refractivity contribution in [2.24, 2.45) is 0 Å². The fraction of sp³-hybridized carbons (Fsp3) is 0.235. The van der Waals surface area contributed by atoms with Crippen LogP contribution in [0.3, 0.4) is 0 Å². The van der Waals surface area contributed by atoms with E-state index in [1.807, 2.05) is 18.3 Å². The minimum absolute atomic E-state index is 0.762. The Labute approximate surface area is 128 Å². The molecule has 0 atom stereocenters. The molecule has 0 spiro atoms. The number of fused-ring (bicyclic) bond motifs is 1. The zero-order valence-electron chi connectivity index (χ0n) is 12.1. The molecule has 0 unspecified atom stereocenters. The molecular formula is C17H19N3S. The lowest BCUT2D eigenvalue weighted by Gasteiger charge is -2.09. The van der Waals surface area contributed by atoms with Gasteiger partial charge in [-0.1, -0.05) is 31.2 Å². The first kappa shape index (κ1) is 14.0. The summed E-state index contributed by atoms with van der Waals surface area (Å²) in [4.78, 5) is 5.75. The summed E-state index contributed by atoms with van der Waals surface area (Å²) in [6, 6.07) is 12.5. The van der Waals surface area contributed by atoms with E-state index < -0.39 is 0 Å². The minimum Gasteiger partial charge on any atom is -0.398 e. The summed E-state index contributed by atoms with van der Waals surface area (Å²) in [5.41, 5.74) is 8.12. The van der Waals surface area contributed by atoms with Crippen LogP contribution in [0.15, 0.2) is 42.6 Å². The van der Waals surface area contributed by atoms with Crippen molar-refractivity contribution in [1.82, 2.24) is 10.3 Å². The van der Waals surface area contributed by atoms with Crippen LogP contribution in [0, 0.1) is 0 Å². The van der Waals surface area contributed by atoms with Crippen LogP contribution in [-0.2, 0) is 19.5 Å². The Hall–Kier alpha value is -1.91. The van der Waals surface area contributed by atoms with E-state index in [1.54, 1.807) is 11.3 Å². The number of aryl methyl sites for hydroxylation is 1. The normalized spacial score (nSPS) is 11.1. The van der Waals surface area contributed by atoms with Crippen LogP contribution in [0.1, 0.15) is 22.4 Å². The number of anilines is 1. The van der Waals surface area contributed by atoms with Crippen molar-refractivity contribution in [3.05, 3.63) is 58.0 Å². The quantitative estimate of drug-likeness (QED) is 0.706. The molecule has 0 saturated heterocycles. The summed E-state index contributed by atoms with van der Waals surface area (Å²) >= 11 is 1.77. The van der Waals surface area contributed by atoms with Gasteiger partial charge in [-0.15, -0.1) is 11.3 Å². The van der Waals surface area contributed by atoms with Gasteiger partial charge in [0.15, 0.2) is 0 Å². The molecule has 0 saturated carbocycles. The van der Waals surface area contributed by atoms with Crippen LogP contribution in [0.2, 0.25) is 0 Å². The second-order valence-corrected chi connectivity index (χ2v) is 6.28. The Kier molecular flexibility index (Phi) is 4.18.